The van der Waals surface area contributed by atoms with Crippen LogP contribution in [0.2, 0.25) is 0 Å². The van der Waals surface area contributed by atoms with E-state index in [9.17, 15) is 0 Å². The molecule has 0 saturated carbocycles. The van der Waals surface area contributed by atoms with E-state index in [0.717, 1.165) is 35.3 Å². The highest BCUT2D eigenvalue weighted by atomic mass is 14.9. The summed E-state index contributed by atoms with van der Waals surface area (Å²) in [5.41, 5.74) is 6.93. The van der Waals surface area contributed by atoms with Gasteiger partial charge in [-0.15, -0.1) is 0 Å². The normalized spacial score (nSPS) is 20.3. The second-order valence-corrected chi connectivity index (χ2v) is 7.74. The zero-order chi connectivity index (χ0) is 20.2. The first-order valence-electron chi connectivity index (χ1n) is 10.5. The summed E-state index contributed by atoms with van der Waals surface area (Å²) in [6, 6.07) is 13.2. The molecule has 29 heavy (non-hydrogen) atoms. The van der Waals surface area contributed by atoms with Crippen LogP contribution in [-0.4, -0.2) is 17.6 Å². The highest BCUT2D eigenvalue weighted by molar-refractivity contribution is 5.91. The van der Waals surface area contributed by atoms with E-state index in [-0.39, 0.29) is 0 Å². The van der Waals surface area contributed by atoms with Crippen LogP contribution in [0.4, 0.5) is 0 Å². The van der Waals surface area contributed by atoms with Gasteiger partial charge in [-0.1, -0.05) is 43.0 Å². The van der Waals surface area contributed by atoms with Crippen molar-refractivity contribution >= 4 is 23.4 Å². The summed E-state index contributed by atoms with van der Waals surface area (Å²) in [4.78, 5) is 4.75. The Hall–Kier alpha value is -2.91. The summed E-state index contributed by atoms with van der Waals surface area (Å²) in [5, 5.41) is 9.40. The van der Waals surface area contributed by atoms with Crippen molar-refractivity contribution in [1.29, 1.82) is 0 Å². The lowest BCUT2D eigenvalue weighted by Gasteiger charge is -2.19. The van der Waals surface area contributed by atoms with Crippen LogP contribution in [0.1, 0.15) is 43.1 Å². The molecule has 0 spiro atoms. The average Bonchev–Trinajstić information content (AvgIpc) is 3.27. The highest BCUT2D eigenvalue weighted by Crippen LogP contribution is 2.28. The maximum absolute atomic E-state index is 4.75. The third kappa shape index (κ3) is 4.10. The molecular weight excluding hydrogens is 354 g/mol. The summed E-state index contributed by atoms with van der Waals surface area (Å²) in [7, 11) is 0. The molecule has 3 heterocycles. The summed E-state index contributed by atoms with van der Waals surface area (Å²) >= 11 is 0. The number of dihydropyridines is 1. The summed E-state index contributed by atoms with van der Waals surface area (Å²) in [6.45, 7) is 9.53. The molecule has 4 rings (SSSR count). The minimum Gasteiger partial charge on any atom is -0.360 e. The first-order chi connectivity index (χ1) is 14.2. The smallest absolute Gasteiger partial charge is 0.0870 e. The van der Waals surface area contributed by atoms with Gasteiger partial charge in [0.1, 0.15) is 0 Å². The maximum atomic E-state index is 4.75. The van der Waals surface area contributed by atoms with Crippen molar-refractivity contribution in [2.45, 2.75) is 39.2 Å². The summed E-state index contributed by atoms with van der Waals surface area (Å²) in [5.74, 6) is 0. The molecule has 0 radical (unpaired) electrons. The Bertz CT molecular complexity index is 1100. The largest absolute Gasteiger partial charge is 0.360 e. The van der Waals surface area contributed by atoms with Crippen LogP contribution in [-0.2, 0) is 0 Å². The van der Waals surface area contributed by atoms with Gasteiger partial charge >= 0.3 is 0 Å². The molecule has 2 aliphatic rings. The predicted octanol–water partition coefficient (Wildman–Crippen LogP) is 3.65. The lowest BCUT2D eigenvalue weighted by Crippen LogP contribution is -2.33. The number of allylic oxidation sites excluding steroid dienone is 3. The van der Waals surface area contributed by atoms with Gasteiger partial charge in [0.2, 0.25) is 0 Å². The molecular formula is C26H29N3. The Morgan fingerprint density at radius 2 is 2.14 bits per heavy atom. The number of nitrogens with one attached hydrogen (secondary N) is 2. The van der Waals surface area contributed by atoms with Gasteiger partial charge in [-0.05, 0) is 91.2 Å². The van der Waals surface area contributed by atoms with Gasteiger partial charge in [0, 0.05) is 11.7 Å². The van der Waals surface area contributed by atoms with Gasteiger partial charge in [-0.3, -0.25) is 4.98 Å². The minimum atomic E-state index is 0.401. The predicted molar refractivity (Wildman–Crippen MR) is 123 cm³/mol. The molecule has 1 unspecified atom stereocenters. The molecule has 3 heteroatoms. The quantitative estimate of drug-likeness (QED) is 0.846. The Morgan fingerprint density at radius 1 is 1.24 bits per heavy atom. The molecule has 2 aliphatic heterocycles. The van der Waals surface area contributed by atoms with E-state index in [0.29, 0.717) is 6.04 Å². The van der Waals surface area contributed by atoms with E-state index in [1.54, 1.807) is 0 Å². The van der Waals surface area contributed by atoms with Crippen LogP contribution >= 0.6 is 0 Å². The Labute approximate surface area is 173 Å². The fourth-order valence-electron chi connectivity index (χ4n) is 4.24. The minimum absolute atomic E-state index is 0.401. The van der Waals surface area contributed by atoms with Gasteiger partial charge < -0.3 is 10.6 Å². The molecule has 1 aromatic carbocycles. The standard InChI is InChI=1S/C26H29N3/c1-4-8-22(24-12-7-15-27-24)23-17-20(14-13-18(23)2)21-10-6-16-28-26(21)25-11-5-9-19(3)29-25/h4-6,8-9,11,13-14,16-17,24,27-28H,2,7,10,12,15H2,1,3H3/b8-4-,23-22+. The lowest BCUT2D eigenvalue weighted by atomic mass is 9.93. The molecule has 1 aromatic heterocycles. The van der Waals surface area contributed by atoms with Crippen molar-refractivity contribution in [3.63, 3.8) is 0 Å². The van der Waals surface area contributed by atoms with E-state index in [1.165, 1.54) is 34.8 Å². The van der Waals surface area contributed by atoms with Crippen LogP contribution in [0, 0.1) is 6.92 Å². The molecule has 2 N–H and O–H groups in total. The second kappa shape index (κ2) is 8.62. The number of aromatic nitrogens is 1. The second-order valence-electron chi connectivity index (χ2n) is 7.74. The zero-order valence-electron chi connectivity index (χ0n) is 17.3. The van der Waals surface area contributed by atoms with Gasteiger partial charge in [-0.25, -0.2) is 0 Å². The number of benzene rings is 1. The number of hydrogen-bond acceptors (Lipinski definition) is 3. The number of rotatable bonds is 4. The molecule has 0 bridgehead atoms. The maximum Gasteiger partial charge on any atom is 0.0870 e. The van der Waals surface area contributed by atoms with E-state index in [2.05, 4.69) is 72.7 Å². The van der Waals surface area contributed by atoms with Crippen LogP contribution in [0.25, 0.3) is 23.4 Å². The molecule has 2 aromatic rings. The Kier molecular flexibility index (Phi) is 5.77. The van der Waals surface area contributed by atoms with Crippen molar-refractivity contribution in [2.75, 3.05) is 6.54 Å². The van der Waals surface area contributed by atoms with Crippen molar-refractivity contribution < 1.29 is 0 Å². The van der Waals surface area contributed by atoms with E-state index in [1.807, 2.05) is 19.2 Å². The van der Waals surface area contributed by atoms with Crippen LogP contribution in [0.3, 0.4) is 0 Å². The van der Waals surface area contributed by atoms with Crippen LogP contribution in [0.15, 0.2) is 60.8 Å². The van der Waals surface area contributed by atoms with Gasteiger partial charge in [-0.2, -0.15) is 0 Å². The molecule has 0 amide bonds. The van der Waals surface area contributed by atoms with Crippen molar-refractivity contribution in [3.05, 3.63) is 88.2 Å². The monoisotopic (exact) mass is 383 g/mol. The topological polar surface area (TPSA) is 37.0 Å². The highest BCUT2D eigenvalue weighted by Gasteiger charge is 2.19. The molecule has 1 atom stereocenters. The third-order valence-corrected chi connectivity index (χ3v) is 5.67. The van der Waals surface area contributed by atoms with E-state index in [4.69, 9.17) is 4.98 Å². The van der Waals surface area contributed by atoms with E-state index < -0.39 is 0 Å². The van der Waals surface area contributed by atoms with Crippen molar-refractivity contribution in [1.82, 2.24) is 15.6 Å². The number of hydrogen-bond donors (Lipinski definition) is 2. The molecule has 3 nitrogen and oxygen atoms in total. The number of pyridine rings is 1. The fourth-order valence-corrected chi connectivity index (χ4v) is 4.24. The van der Waals surface area contributed by atoms with Crippen LogP contribution < -0.4 is 21.1 Å². The van der Waals surface area contributed by atoms with Crippen molar-refractivity contribution in [2.24, 2.45) is 0 Å². The first kappa shape index (κ1) is 19.4. The number of aryl methyl sites for hydroxylation is 1. The molecule has 0 aliphatic carbocycles. The SMILES string of the molecule is C=c1ccc(C2=C(c3cccc(C)n3)NC=CC2)c/c1=C(/C=C\C)C1CCCN1. The lowest BCUT2D eigenvalue weighted by molar-refractivity contribution is 0.743. The average molecular weight is 384 g/mol. The fraction of sp³-hybridized carbons (Fsp3) is 0.269. The molecule has 1 fully saturated rings. The van der Waals surface area contributed by atoms with Gasteiger partial charge in [0.25, 0.3) is 0 Å². The molecule has 1 saturated heterocycles. The van der Waals surface area contributed by atoms with Gasteiger partial charge in [0.15, 0.2) is 0 Å². The van der Waals surface area contributed by atoms with Crippen LogP contribution in [0.5, 0.6) is 0 Å². The third-order valence-electron chi connectivity index (χ3n) is 5.67. The number of nitrogens with zero attached hydrogens (tertiary/aromatic N) is 1. The Morgan fingerprint density at radius 3 is 2.90 bits per heavy atom. The summed E-state index contributed by atoms with van der Waals surface area (Å²) < 4.78 is 0. The van der Waals surface area contributed by atoms with Crippen molar-refractivity contribution in [3.8, 4) is 0 Å². The van der Waals surface area contributed by atoms with Gasteiger partial charge in [0.05, 0.1) is 11.4 Å². The summed E-state index contributed by atoms with van der Waals surface area (Å²) in [6.07, 6.45) is 11.8. The first-order valence-corrected chi connectivity index (χ1v) is 10.5. The Balaban J connectivity index is 1.90. The van der Waals surface area contributed by atoms with E-state index >= 15 is 0 Å². The zero-order valence-corrected chi connectivity index (χ0v) is 17.3. The molecule has 148 valence electrons.